The molecule has 0 radical (unpaired) electrons. The molecule has 0 saturated heterocycles. The summed E-state index contributed by atoms with van der Waals surface area (Å²) in [6.45, 7) is 0. The van der Waals surface area contributed by atoms with E-state index in [1.807, 2.05) is 6.07 Å². The molecule has 0 aliphatic heterocycles. The van der Waals surface area contributed by atoms with Crippen LogP contribution in [-0.4, -0.2) is 11.7 Å². The van der Waals surface area contributed by atoms with E-state index in [2.05, 4.69) is 5.32 Å². The van der Waals surface area contributed by atoms with Gasteiger partial charge in [-0.25, -0.2) is 0 Å². The molecule has 20 heavy (non-hydrogen) atoms. The minimum Gasteiger partial charge on any atom is -0.399 e. The number of carbonyl (C=O) groups is 1. The largest absolute Gasteiger partial charge is 0.399 e. The van der Waals surface area contributed by atoms with Crippen molar-refractivity contribution in [3.05, 3.63) is 52.5 Å². The summed E-state index contributed by atoms with van der Waals surface area (Å²) in [4.78, 5) is 12.6. The lowest BCUT2D eigenvalue weighted by Gasteiger charge is -2.08. The number of para-hydroxylation sites is 1. The second kappa shape index (κ2) is 6.88. The Hall–Kier alpha value is -1.36. The molecule has 0 heterocycles. The van der Waals surface area contributed by atoms with Gasteiger partial charge in [-0.1, -0.05) is 35.3 Å². The van der Waals surface area contributed by atoms with E-state index < -0.39 is 0 Å². The first-order chi connectivity index (χ1) is 9.56. The summed E-state index contributed by atoms with van der Waals surface area (Å²) < 4.78 is 0. The van der Waals surface area contributed by atoms with E-state index in [1.165, 1.54) is 11.8 Å². The number of thioether (sulfide) groups is 1. The molecule has 2 aromatic carbocycles. The van der Waals surface area contributed by atoms with E-state index in [0.717, 1.165) is 4.90 Å². The molecule has 2 rings (SSSR count). The smallest absolute Gasteiger partial charge is 0.234 e. The molecule has 0 saturated carbocycles. The second-order valence-corrected chi connectivity index (χ2v) is 5.84. The molecule has 1 amide bonds. The molecule has 6 heteroatoms. The lowest BCUT2D eigenvalue weighted by atomic mass is 10.3. The molecule has 3 N–H and O–H groups in total. The summed E-state index contributed by atoms with van der Waals surface area (Å²) in [6, 6.07) is 12.3. The minimum absolute atomic E-state index is 0.151. The maximum absolute atomic E-state index is 11.9. The molecule has 0 atom stereocenters. The molecule has 0 spiro atoms. The van der Waals surface area contributed by atoms with Crippen LogP contribution in [0.1, 0.15) is 0 Å². The van der Waals surface area contributed by atoms with Crippen LogP contribution in [-0.2, 0) is 4.79 Å². The highest BCUT2D eigenvalue weighted by Gasteiger charge is 2.08. The maximum Gasteiger partial charge on any atom is 0.234 e. The molecular weight excluding hydrogens is 315 g/mol. The zero-order valence-corrected chi connectivity index (χ0v) is 12.7. The average Bonchev–Trinajstić information content (AvgIpc) is 2.42. The number of carbonyl (C=O) groups excluding carboxylic acids is 1. The van der Waals surface area contributed by atoms with Crippen LogP contribution in [0.25, 0.3) is 0 Å². The molecule has 0 aliphatic carbocycles. The number of hydrogen-bond donors (Lipinski definition) is 2. The van der Waals surface area contributed by atoms with Gasteiger partial charge in [0.1, 0.15) is 0 Å². The number of nitrogen functional groups attached to an aromatic ring is 1. The van der Waals surface area contributed by atoms with Gasteiger partial charge in [-0.2, -0.15) is 0 Å². The van der Waals surface area contributed by atoms with Gasteiger partial charge in [0.05, 0.1) is 21.5 Å². The number of halogens is 2. The Morgan fingerprint density at radius 1 is 1.15 bits per heavy atom. The van der Waals surface area contributed by atoms with Gasteiger partial charge < -0.3 is 11.1 Å². The summed E-state index contributed by atoms with van der Waals surface area (Å²) in [5, 5.41) is 3.83. The summed E-state index contributed by atoms with van der Waals surface area (Å²) in [5.41, 5.74) is 6.90. The number of nitrogens with one attached hydrogen (secondary N) is 1. The molecule has 0 unspecified atom stereocenters. The Bertz CT molecular complexity index is 634. The fraction of sp³-hybridized carbons (Fsp3) is 0.0714. The van der Waals surface area contributed by atoms with Gasteiger partial charge in [-0.3, -0.25) is 4.79 Å². The predicted octanol–water partition coefficient (Wildman–Crippen LogP) is 4.31. The molecule has 0 aromatic heterocycles. The van der Waals surface area contributed by atoms with Crippen LogP contribution in [0.5, 0.6) is 0 Å². The zero-order chi connectivity index (χ0) is 14.5. The highest BCUT2D eigenvalue weighted by atomic mass is 35.5. The monoisotopic (exact) mass is 326 g/mol. The second-order valence-electron chi connectivity index (χ2n) is 4.01. The third-order valence-corrected chi connectivity index (χ3v) is 4.29. The van der Waals surface area contributed by atoms with Gasteiger partial charge in [0.15, 0.2) is 0 Å². The Labute approximate surface area is 131 Å². The molecule has 2 aromatic rings. The van der Waals surface area contributed by atoms with E-state index in [0.29, 0.717) is 21.4 Å². The number of hydrogen-bond acceptors (Lipinski definition) is 3. The number of amides is 1. The van der Waals surface area contributed by atoms with Gasteiger partial charge in [0.25, 0.3) is 0 Å². The minimum atomic E-state index is -0.151. The van der Waals surface area contributed by atoms with Gasteiger partial charge in [0.2, 0.25) is 5.91 Å². The van der Waals surface area contributed by atoms with Crippen molar-refractivity contribution in [3.8, 4) is 0 Å². The van der Waals surface area contributed by atoms with Crippen LogP contribution in [0.15, 0.2) is 47.4 Å². The van der Waals surface area contributed by atoms with Crippen molar-refractivity contribution in [2.24, 2.45) is 0 Å². The Balaban J connectivity index is 1.96. The highest BCUT2D eigenvalue weighted by molar-refractivity contribution is 8.00. The van der Waals surface area contributed by atoms with E-state index >= 15 is 0 Å². The lowest BCUT2D eigenvalue weighted by Crippen LogP contribution is -2.14. The van der Waals surface area contributed by atoms with Gasteiger partial charge in [0, 0.05) is 10.6 Å². The van der Waals surface area contributed by atoms with Crippen molar-refractivity contribution >= 4 is 52.2 Å². The average molecular weight is 327 g/mol. The molecule has 104 valence electrons. The van der Waals surface area contributed by atoms with E-state index in [9.17, 15) is 4.79 Å². The first-order valence-electron chi connectivity index (χ1n) is 5.78. The van der Waals surface area contributed by atoms with Crippen LogP contribution in [0.4, 0.5) is 11.4 Å². The fourth-order valence-electron chi connectivity index (χ4n) is 1.52. The molecule has 0 aliphatic rings. The molecular formula is C14H12Cl2N2OS. The van der Waals surface area contributed by atoms with Crippen LogP contribution in [0.2, 0.25) is 10.0 Å². The summed E-state index contributed by atoms with van der Waals surface area (Å²) in [5.74, 6) is 0.0792. The van der Waals surface area contributed by atoms with E-state index in [1.54, 1.807) is 36.4 Å². The Kier molecular flexibility index (Phi) is 5.17. The van der Waals surface area contributed by atoms with Gasteiger partial charge in [-0.15, -0.1) is 11.8 Å². The lowest BCUT2D eigenvalue weighted by molar-refractivity contribution is -0.113. The van der Waals surface area contributed by atoms with Gasteiger partial charge >= 0.3 is 0 Å². The third kappa shape index (κ3) is 4.07. The van der Waals surface area contributed by atoms with Crippen molar-refractivity contribution in [2.45, 2.75) is 4.90 Å². The summed E-state index contributed by atoms with van der Waals surface area (Å²) >= 11 is 13.3. The number of nitrogens with two attached hydrogens (primary N) is 1. The first-order valence-corrected chi connectivity index (χ1v) is 7.52. The van der Waals surface area contributed by atoms with Crippen molar-refractivity contribution < 1.29 is 4.79 Å². The van der Waals surface area contributed by atoms with Crippen LogP contribution in [0.3, 0.4) is 0 Å². The highest BCUT2D eigenvalue weighted by Crippen LogP contribution is 2.29. The number of benzene rings is 2. The maximum atomic E-state index is 11.9. The Morgan fingerprint density at radius 3 is 2.65 bits per heavy atom. The van der Waals surface area contributed by atoms with Crippen molar-refractivity contribution in [1.82, 2.24) is 0 Å². The van der Waals surface area contributed by atoms with E-state index in [-0.39, 0.29) is 11.7 Å². The van der Waals surface area contributed by atoms with Crippen molar-refractivity contribution in [3.63, 3.8) is 0 Å². The quantitative estimate of drug-likeness (QED) is 0.650. The molecule has 0 fully saturated rings. The number of rotatable bonds is 4. The third-order valence-electron chi connectivity index (χ3n) is 2.46. The van der Waals surface area contributed by atoms with Crippen LogP contribution in [0, 0.1) is 0 Å². The van der Waals surface area contributed by atoms with Crippen LogP contribution < -0.4 is 11.1 Å². The fourth-order valence-corrected chi connectivity index (χ4v) is 2.77. The normalized spacial score (nSPS) is 10.3. The molecule has 0 bridgehead atoms. The summed E-state index contributed by atoms with van der Waals surface area (Å²) in [6.07, 6.45) is 0. The Morgan fingerprint density at radius 2 is 1.90 bits per heavy atom. The topological polar surface area (TPSA) is 55.1 Å². The molecule has 3 nitrogen and oxygen atoms in total. The predicted molar refractivity (Wildman–Crippen MR) is 86.7 cm³/mol. The summed E-state index contributed by atoms with van der Waals surface area (Å²) in [7, 11) is 0. The first kappa shape index (κ1) is 15.0. The zero-order valence-electron chi connectivity index (χ0n) is 10.4. The number of anilines is 2. The van der Waals surface area contributed by atoms with Crippen molar-refractivity contribution in [1.29, 1.82) is 0 Å². The van der Waals surface area contributed by atoms with Crippen molar-refractivity contribution in [2.75, 3.05) is 16.8 Å². The standard InChI is InChI=1S/C14H12Cl2N2OS/c15-10-3-1-2-4-12(10)18-14(19)8-20-13-7-9(17)5-6-11(13)16/h1-7H,8,17H2,(H,18,19). The SMILES string of the molecule is Nc1ccc(Cl)c(SCC(=O)Nc2ccccc2Cl)c1. The van der Waals surface area contributed by atoms with Gasteiger partial charge in [-0.05, 0) is 30.3 Å². The van der Waals surface area contributed by atoms with E-state index in [4.69, 9.17) is 28.9 Å². The van der Waals surface area contributed by atoms with Crippen LogP contribution >= 0.6 is 35.0 Å².